The highest BCUT2D eigenvalue weighted by atomic mass is 16.6. The maximum absolute atomic E-state index is 10.8. The lowest BCUT2D eigenvalue weighted by molar-refractivity contribution is -0.384. The van der Waals surface area contributed by atoms with Crippen LogP contribution in [0.4, 0.5) is 11.4 Å². The van der Waals surface area contributed by atoms with Gasteiger partial charge in [0.05, 0.1) is 11.0 Å². The number of nitro groups is 1. The van der Waals surface area contributed by atoms with E-state index in [0.717, 1.165) is 0 Å². The van der Waals surface area contributed by atoms with Crippen LogP contribution in [0.25, 0.3) is 0 Å². The first-order valence-electron chi connectivity index (χ1n) is 5.20. The number of aliphatic hydroxyl groups is 1. The molecule has 1 aromatic heterocycles. The molecular formula is C10H13N3O3. The van der Waals surface area contributed by atoms with Gasteiger partial charge in [-0.15, -0.1) is 0 Å². The fourth-order valence-corrected chi connectivity index (χ4v) is 1.89. The average Bonchev–Trinajstić information content (AvgIpc) is 2.30. The Morgan fingerprint density at radius 3 is 2.81 bits per heavy atom. The van der Waals surface area contributed by atoms with E-state index in [9.17, 15) is 15.2 Å². The number of hydrogen-bond acceptors (Lipinski definition) is 5. The normalized spacial score (nSPS) is 17.4. The van der Waals surface area contributed by atoms with E-state index in [4.69, 9.17) is 0 Å². The Hall–Kier alpha value is -1.69. The molecule has 0 unspecified atom stereocenters. The molecule has 1 fully saturated rings. The van der Waals surface area contributed by atoms with Crippen molar-refractivity contribution in [3.63, 3.8) is 0 Å². The number of aromatic nitrogens is 1. The van der Waals surface area contributed by atoms with Gasteiger partial charge in [0.15, 0.2) is 0 Å². The second-order valence-corrected chi connectivity index (χ2v) is 3.84. The SMILES string of the molecule is O=[N+]([O-])c1cnccc1N1CCC(O)CC1. The Morgan fingerprint density at radius 2 is 2.19 bits per heavy atom. The van der Waals surface area contributed by atoms with Gasteiger partial charge in [-0.1, -0.05) is 0 Å². The van der Waals surface area contributed by atoms with Gasteiger partial charge in [-0.3, -0.25) is 15.1 Å². The van der Waals surface area contributed by atoms with Crippen LogP contribution in [0.5, 0.6) is 0 Å². The summed E-state index contributed by atoms with van der Waals surface area (Å²) in [6.45, 7) is 1.29. The number of pyridine rings is 1. The topological polar surface area (TPSA) is 79.5 Å². The van der Waals surface area contributed by atoms with Gasteiger partial charge in [-0.05, 0) is 18.9 Å². The molecule has 1 saturated heterocycles. The Balaban J connectivity index is 2.23. The number of piperidine rings is 1. The van der Waals surface area contributed by atoms with Crippen molar-refractivity contribution in [1.29, 1.82) is 0 Å². The van der Waals surface area contributed by atoms with Gasteiger partial charge in [0.25, 0.3) is 0 Å². The molecule has 1 aliphatic rings. The largest absolute Gasteiger partial charge is 0.393 e. The van der Waals surface area contributed by atoms with Crippen molar-refractivity contribution in [1.82, 2.24) is 4.98 Å². The number of rotatable bonds is 2. The van der Waals surface area contributed by atoms with Gasteiger partial charge >= 0.3 is 5.69 Å². The summed E-state index contributed by atoms with van der Waals surface area (Å²) in [7, 11) is 0. The predicted octanol–water partition coefficient (Wildman–Crippen LogP) is 0.951. The van der Waals surface area contributed by atoms with E-state index in [1.165, 1.54) is 6.20 Å². The van der Waals surface area contributed by atoms with E-state index in [0.29, 0.717) is 31.6 Å². The minimum Gasteiger partial charge on any atom is -0.393 e. The summed E-state index contributed by atoms with van der Waals surface area (Å²) in [6.07, 6.45) is 3.84. The zero-order valence-corrected chi connectivity index (χ0v) is 8.74. The lowest BCUT2D eigenvalue weighted by Crippen LogP contribution is -2.36. The molecule has 1 N–H and O–H groups in total. The highest BCUT2D eigenvalue weighted by molar-refractivity contribution is 5.61. The summed E-state index contributed by atoms with van der Waals surface area (Å²) in [5, 5.41) is 20.2. The smallest absolute Gasteiger partial charge is 0.310 e. The monoisotopic (exact) mass is 223 g/mol. The zero-order valence-electron chi connectivity index (χ0n) is 8.74. The Morgan fingerprint density at radius 1 is 1.50 bits per heavy atom. The molecule has 0 aliphatic carbocycles. The van der Waals surface area contributed by atoms with Crippen LogP contribution in [0.2, 0.25) is 0 Å². The van der Waals surface area contributed by atoms with Gasteiger partial charge < -0.3 is 10.0 Å². The lowest BCUT2D eigenvalue weighted by Gasteiger charge is -2.30. The van der Waals surface area contributed by atoms with Gasteiger partial charge in [0.1, 0.15) is 11.9 Å². The van der Waals surface area contributed by atoms with Crippen LogP contribution in [0, 0.1) is 10.1 Å². The van der Waals surface area contributed by atoms with Crippen LogP contribution >= 0.6 is 0 Å². The summed E-state index contributed by atoms with van der Waals surface area (Å²) in [4.78, 5) is 16.1. The third kappa shape index (κ3) is 2.11. The molecule has 6 nitrogen and oxygen atoms in total. The summed E-state index contributed by atoms with van der Waals surface area (Å²) in [5.74, 6) is 0. The first kappa shape index (κ1) is 10.8. The molecule has 16 heavy (non-hydrogen) atoms. The standard InChI is InChI=1S/C10H13N3O3/c14-8-2-5-12(6-3-8)9-1-4-11-7-10(9)13(15)16/h1,4,7-8,14H,2-3,5-6H2. The Kier molecular flexibility index (Phi) is 3.00. The van der Waals surface area contributed by atoms with Crippen LogP contribution in [0.1, 0.15) is 12.8 Å². The third-order valence-corrected chi connectivity index (χ3v) is 2.78. The molecule has 0 bridgehead atoms. The summed E-state index contributed by atoms with van der Waals surface area (Å²) in [5.41, 5.74) is 0.616. The molecule has 1 aromatic rings. The van der Waals surface area contributed by atoms with Crippen molar-refractivity contribution in [3.05, 3.63) is 28.6 Å². The second kappa shape index (κ2) is 4.44. The number of nitrogens with zero attached hydrogens (tertiary/aromatic N) is 3. The van der Waals surface area contributed by atoms with Crippen LogP contribution in [-0.4, -0.2) is 34.2 Å². The molecule has 86 valence electrons. The Labute approximate surface area is 92.7 Å². The van der Waals surface area contributed by atoms with E-state index < -0.39 is 4.92 Å². The number of aliphatic hydroxyl groups excluding tert-OH is 1. The zero-order chi connectivity index (χ0) is 11.5. The molecule has 0 aromatic carbocycles. The van der Waals surface area contributed by atoms with E-state index in [-0.39, 0.29) is 11.8 Å². The molecule has 6 heteroatoms. The summed E-state index contributed by atoms with van der Waals surface area (Å²) in [6, 6.07) is 1.65. The number of anilines is 1. The van der Waals surface area contributed by atoms with Gasteiger partial charge in [-0.2, -0.15) is 0 Å². The van der Waals surface area contributed by atoms with E-state index >= 15 is 0 Å². The minimum absolute atomic E-state index is 0.0267. The molecule has 1 aliphatic heterocycles. The van der Waals surface area contributed by atoms with Crippen molar-refractivity contribution < 1.29 is 10.0 Å². The van der Waals surface area contributed by atoms with E-state index in [1.54, 1.807) is 12.3 Å². The predicted molar refractivity (Wildman–Crippen MR) is 58.3 cm³/mol. The van der Waals surface area contributed by atoms with Gasteiger partial charge in [0.2, 0.25) is 0 Å². The first-order valence-corrected chi connectivity index (χ1v) is 5.20. The Bertz CT molecular complexity index is 389. The van der Waals surface area contributed by atoms with Crippen LogP contribution in [0.3, 0.4) is 0 Å². The van der Waals surface area contributed by atoms with Crippen LogP contribution < -0.4 is 4.90 Å². The number of hydrogen-bond donors (Lipinski definition) is 1. The average molecular weight is 223 g/mol. The fourth-order valence-electron chi connectivity index (χ4n) is 1.89. The van der Waals surface area contributed by atoms with Crippen LogP contribution in [-0.2, 0) is 0 Å². The summed E-state index contributed by atoms with van der Waals surface area (Å²) >= 11 is 0. The van der Waals surface area contributed by atoms with Crippen molar-refractivity contribution in [3.8, 4) is 0 Å². The highest BCUT2D eigenvalue weighted by Crippen LogP contribution is 2.28. The van der Waals surface area contributed by atoms with Crippen LogP contribution in [0.15, 0.2) is 18.5 Å². The molecule has 0 spiro atoms. The first-order chi connectivity index (χ1) is 7.68. The van der Waals surface area contributed by atoms with Crippen molar-refractivity contribution in [2.24, 2.45) is 0 Å². The highest BCUT2D eigenvalue weighted by Gasteiger charge is 2.23. The van der Waals surface area contributed by atoms with Crippen molar-refractivity contribution >= 4 is 11.4 Å². The maximum Gasteiger partial charge on any atom is 0.310 e. The molecule has 0 atom stereocenters. The van der Waals surface area contributed by atoms with Crippen molar-refractivity contribution in [2.75, 3.05) is 18.0 Å². The van der Waals surface area contributed by atoms with E-state index in [2.05, 4.69) is 4.98 Å². The molecular weight excluding hydrogens is 210 g/mol. The fraction of sp³-hybridized carbons (Fsp3) is 0.500. The quantitative estimate of drug-likeness (QED) is 0.596. The van der Waals surface area contributed by atoms with Gasteiger partial charge in [-0.25, -0.2) is 0 Å². The molecule has 2 rings (SSSR count). The van der Waals surface area contributed by atoms with Crippen molar-refractivity contribution in [2.45, 2.75) is 18.9 Å². The molecule has 0 radical (unpaired) electrons. The maximum atomic E-state index is 10.8. The van der Waals surface area contributed by atoms with Gasteiger partial charge in [0, 0.05) is 19.3 Å². The minimum atomic E-state index is -0.423. The molecule has 2 heterocycles. The summed E-state index contributed by atoms with van der Waals surface area (Å²) < 4.78 is 0. The molecule has 0 saturated carbocycles. The second-order valence-electron chi connectivity index (χ2n) is 3.84. The molecule has 0 amide bonds. The third-order valence-electron chi connectivity index (χ3n) is 2.78. The van der Waals surface area contributed by atoms with E-state index in [1.807, 2.05) is 4.90 Å². The lowest BCUT2D eigenvalue weighted by atomic mass is 10.1.